The van der Waals surface area contributed by atoms with E-state index >= 15 is 0 Å². The van der Waals surface area contributed by atoms with E-state index in [4.69, 9.17) is 10.5 Å². The van der Waals surface area contributed by atoms with Gasteiger partial charge in [-0.3, -0.25) is 4.68 Å². The van der Waals surface area contributed by atoms with Gasteiger partial charge in [0.05, 0.1) is 12.2 Å². The van der Waals surface area contributed by atoms with Crippen molar-refractivity contribution in [3.05, 3.63) is 60.2 Å². The smallest absolute Gasteiger partial charge is 0.355 e. The minimum Gasteiger partial charge on any atom is -0.459 e. The van der Waals surface area contributed by atoms with Crippen LogP contribution in [0.5, 0.6) is 0 Å². The number of nitrogens with two attached hydrogens (primary N) is 1. The summed E-state index contributed by atoms with van der Waals surface area (Å²) in [7, 11) is 0. The summed E-state index contributed by atoms with van der Waals surface area (Å²) in [6.07, 6.45) is 12.0. The highest BCUT2D eigenvalue weighted by Gasteiger charge is 2.16. The van der Waals surface area contributed by atoms with Crippen LogP contribution >= 0.6 is 0 Å². The third kappa shape index (κ3) is 6.18. The molecule has 0 aromatic carbocycles. The second-order valence-corrected chi connectivity index (χ2v) is 5.82. The summed E-state index contributed by atoms with van der Waals surface area (Å²) >= 11 is 0. The number of aromatic nitrogens is 3. The number of urea groups is 1. The monoisotopic (exact) mass is 371 g/mol. The Morgan fingerprint density at radius 3 is 2.85 bits per heavy atom. The van der Waals surface area contributed by atoms with Gasteiger partial charge in [0.1, 0.15) is 12.3 Å². The highest BCUT2D eigenvalue weighted by molar-refractivity contribution is 5.93. The van der Waals surface area contributed by atoms with Gasteiger partial charge in [-0.1, -0.05) is 25.2 Å². The van der Waals surface area contributed by atoms with Gasteiger partial charge in [-0.15, -0.1) is 0 Å². The zero-order valence-electron chi connectivity index (χ0n) is 15.6. The SMILES string of the molecule is C/C=C\C(=C/CC)Cn1cc(NC(N)=O)cc1C(=O)OCCn1cccn1. The van der Waals surface area contributed by atoms with Gasteiger partial charge in [-0.25, -0.2) is 9.59 Å². The molecule has 0 unspecified atom stereocenters. The molecule has 0 aliphatic rings. The van der Waals surface area contributed by atoms with Gasteiger partial charge < -0.3 is 20.4 Å². The molecule has 8 nitrogen and oxygen atoms in total. The fraction of sp³-hybridized carbons (Fsp3) is 0.316. The molecule has 2 amide bonds. The van der Waals surface area contributed by atoms with E-state index in [0.29, 0.717) is 24.5 Å². The largest absolute Gasteiger partial charge is 0.459 e. The van der Waals surface area contributed by atoms with Crippen LogP contribution in [0.15, 0.2) is 54.5 Å². The lowest BCUT2D eigenvalue weighted by atomic mass is 10.2. The van der Waals surface area contributed by atoms with Gasteiger partial charge in [0.25, 0.3) is 0 Å². The number of hydrogen-bond acceptors (Lipinski definition) is 4. The molecule has 0 atom stereocenters. The predicted octanol–water partition coefficient (Wildman–Crippen LogP) is 2.94. The summed E-state index contributed by atoms with van der Waals surface area (Å²) in [5.74, 6) is -0.476. The van der Waals surface area contributed by atoms with Crippen molar-refractivity contribution in [2.45, 2.75) is 33.4 Å². The number of nitrogens with one attached hydrogen (secondary N) is 1. The molecule has 144 valence electrons. The van der Waals surface area contributed by atoms with Gasteiger partial charge in [-0.2, -0.15) is 5.10 Å². The molecule has 2 heterocycles. The lowest BCUT2D eigenvalue weighted by Gasteiger charge is -2.10. The molecular formula is C19H25N5O3. The number of esters is 1. The maximum absolute atomic E-state index is 12.5. The summed E-state index contributed by atoms with van der Waals surface area (Å²) in [6.45, 7) is 5.11. The van der Waals surface area contributed by atoms with Crippen LogP contribution in [-0.2, 0) is 17.8 Å². The number of allylic oxidation sites excluding steroid dienone is 4. The minimum atomic E-state index is -0.691. The molecule has 0 saturated carbocycles. The molecule has 0 aliphatic heterocycles. The molecule has 3 N–H and O–H groups in total. The third-order valence-electron chi connectivity index (χ3n) is 3.69. The first-order valence-electron chi connectivity index (χ1n) is 8.76. The van der Waals surface area contributed by atoms with Crippen molar-refractivity contribution in [3.8, 4) is 0 Å². The molecule has 8 heteroatoms. The molecule has 0 spiro atoms. The Hall–Kier alpha value is -3.29. The Balaban J connectivity index is 2.15. The summed E-state index contributed by atoms with van der Waals surface area (Å²) in [5, 5.41) is 6.56. The van der Waals surface area contributed by atoms with E-state index in [1.54, 1.807) is 40.0 Å². The number of rotatable bonds is 9. The van der Waals surface area contributed by atoms with E-state index in [1.165, 1.54) is 0 Å². The topological polar surface area (TPSA) is 104 Å². The van der Waals surface area contributed by atoms with Crippen LogP contribution in [-0.4, -0.2) is 33.0 Å². The van der Waals surface area contributed by atoms with Crippen molar-refractivity contribution in [1.82, 2.24) is 14.3 Å². The Morgan fingerprint density at radius 1 is 1.41 bits per heavy atom. The van der Waals surface area contributed by atoms with Gasteiger partial charge in [0.15, 0.2) is 0 Å². The standard InChI is InChI=1S/C19H25N5O3/c1-3-6-15(7-4-2)13-23-14-16(22-19(20)26)12-17(23)18(25)27-11-10-24-9-5-8-21-24/h3,5-9,12,14H,4,10-11,13H2,1-2H3,(H3,20,22,26)/b6-3-,15-7+. The van der Waals surface area contributed by atoms with E-state index in [1.807, 2.05) is 26.0 Å². The fourth-order valence-corrected chi connectivity index (χ4v) is 2.62. The zero-order chi connectivity index (χ0) is 19.6. The molecule has 0 saturated heterocycles. The van der Waals surface area contributed by atoms with Crippen LogP contribution in [0.1, 0.15) is 30.8 Å². The maximum atomic E-state index is 12.5. The van der Waals surface area contributed by atoms with Crippen molar-refractivity contribution in [2.24, 2.45) is 5.73 Å². The van der Waals surface area contributed by atoms with E-state index in [-0.39, 0.29) is 6.61 Å². The van der Waals surface area contributed by atoms with Crippen LogP contribution in [0.3, 0.4) is 0 Å². The van der Waals surface area contributed by atoms with Crippen molar-refractivity contribution < 1.29 is 14.3 Å². The van der Waals surface area contributed by atoms with Crippen LogP contribution in [0, 0.1) is 0 Å². The first-order valence-corrected chi connectivity index (χ1v) is 8.76. The summed E-state index contributed by atoms with van der Waals surface area (Å²) in [6, 6.07) is 2.67. The molecular weight excluding hydrogens is 346 g/mol. The molecule has 0 aliphatic carbocycles. The van der Waals surface area contributed by atoms with Crippen molar-refractivity contribution in [1.29, 1.82) is 0 Å². The quantitative estimate of drug-likeness (QED) is 0.522. The van der Waals surface area contributed by atoms with Gasteiger partial charge >= 0.3 is 12.0 Å². The second-order valence-electron chi connectivity index (χ2n) is 5.82. The maximum Gasteiger partial charge on any atom is 0.355 e. The average Bonchev–Trinajstić information content (AvgIpc) is 3.25. The molecule has 0 bridgehead atoms. The fourth-order valence-electron chi connectivity index (χ4n) is 2.62. The molecule has 2 aromatic rings. The third-order valence-corrected chi connectivity index (χ3v) is 3.69. The molecule has 27 heavy (non-hydrogen) atoms. The van der Waals surface area contributed by atoms with Crippen LogP contribution in [0.2, 0.25) is 0 Å². The van der Waals surface area contributed by atoms with E-state index in [0.717, 1.165) is 12.0 Å². The molecule has 2 rings (SSSR count). The Bertz CT molecular complexity index is 819. The van der Waals surface area contributed by atoms with Gasteiger partial charge in [-0.05, 0) is 31.1 Å². The van der Waals surface area contributed by atoms with Crippen molar-refractivity contribution >= 4 is 17.7 Å². The van der Waals surface area contributed by atoms with Gasteiger partial charge in [0, 0.05) is 25.1 Å². The van der Waals surface area contributed by atoms with Crippen molar-refractivity contribution in [2.75, 3.05) is 11.9 Å². The molecule has 0 fully saturated rings. The Morgan fingerprint density at radius 2 is 2.22 bits per heavy atom. The second kappa shape index (κ2) is 10.0. The molecule has 0 radical (unpaired) electrons. The number of amides is 2. The van der Waals surface area contributed by atoms with Crippen molar-refractivity contribution in [3.63, 3.8) is 0 Å². The first kappa shape index (κ1) is 20.0. The Kier molecular flexibility index (Phi) is 7.42. The van der Waals surface area contributed by atoms with Gasteiger partial charge in [0.2, 0.25) is 0 Å². The van der Waals surface area contributed by atoms with Crippen LogP contribution < -0.4 is 11.1 Å². The molecule has 2 aromatic heterocycles. The predicted molar refractivity (Wildman–Crippen MR) is 103 cm³/mol. The highest BCUT2D eigenvalue weighted by Crippen LogP contribution is 2.18. The first-order chi connectivity index (χ1) is 13.0. The summed E-state index contributed by atoms with van der Waals surface area (Å²) in [4.78, 5) is 23.7. The van der Waals surface area contributed by atoms with E-state index in [2.05, 4.69) is 16.5 Å². The lowest BCUT2D eigenvalue weighted by molar-refractivity contribution is 0.0475. The number of ether oxygens (including phenoxy) is 1. The number of primary amides is 1. The number of carbonyl (C=O) groups is 2. The average molecular weight is 371 g/mol. The van der Waals surface area contributed by atoms with Crippen LogP contribution in [0.4, 0.5) is 10.5 Å². The van der Waals surface area contributed by atoms with E-state index in [9.17, 15) is 9.59 Å². The minimum absolute atomic E-state index is 0.191. The highest BCUT2D eigenvalue weighted by atomic mass is 16.5. The lowest BCUT2D eigenvalue weighted by Crippen LogP contribution is -2.18. The zero-order valence-corrected chi connectivity index (χ0v) is 15.6. The number of carbonyl (C=O) groups excluding carboxylic acids is 2. The number of nitrogens with zero attached hydrogens (tertiary/aromatic N) is 3. The van der Waals surface area contributed by atoms with Crippen LogP contribution in [0.25, 0.3) is 0 Å². The summed E-state index contributed by atoms with van der Waals surface area (Å²) in [5.41, 5.74) is 7.01. The number of anilines is 1. The summed E-state index contributed by atoms with van der Waals surface area (Å²) < 4.78 is 8.78. The number of hydrogen-bond donors (Lipinski definition) is 2. The van der Waals surface area contributed by atoms with E-state index < -0.39 is 12.0 Å². The Labute approximate surface area is 158 Å². The normalized spacial score (nSPS) is 11.7.